The lowest BCUT2D eigenvalue weighted by Gasteiger charge is -2.13. The molecule has 3 nitrogen and oxygen atoms in total. The minimum atomic E-state index is 0.0269. The molecule has 2 atom stereocenters. The van der Waals surface area contributed by atoms with Crippen molar-refractivity contribution in [2.24, 2.45) is 0 Å². The Morgan fingerprint density at radius 3 is 3.15 bits per heavy atom. The van der Waals surface area contributed by atoms with Crippen molar-refractivity contribution in [3.8, 4) is 0 Å². The smallest absolute Gasteiger partial charge is 0.238 e. The zero-order chi connectivity index (χ0) is 9.68. The molecule has 76 valence electrons. The number of nitrogens with one attached hydrogen (secondary N) is 2. The van der Waals surface area contributed by atoms with Gasteiger partial charge in [-0.25, -0.2) is 0 Å². The van der Waals surface area contributed by atoms with Crippen LogP contribution >= 0.6 is 23.5 Å². The quantitative estimate of drug-likeness (QED) is 0.724. The standard InChI is InChI=1S/C8H16N2OS2/c1-6(12-2)3-9-8(11)7-4-13-5-10-7/h6-7,10H,3-5H2,1-2H3,(H,9,11)/t6-,7+/m0/s1. The van der Waals surface area contributed by atoms with Crippen molar-refractivity contribution in [2.75, 3.05) is 24.4 Å². The summed E-state index contributed by atoms with van der Waals surface area (Å²) < 4.78 is 0. The summed E-state index contributed by atoms with van der Waals surface area (Å²) in [5.74, 6) is 1.95. The van der Waals surface area contributed by atoms with Gasteiger partial charge < -0.3 is 5.32 Å². The summed E-state index contributed by atoms with van der Waals surface area (Å²) in [6, 6.07) is 0.0269. The van der Waals surface area contributed by atoms with Crippen LogP contribution in [-0.4, -0.2) is 41.6 Å². The Labute approximate surface area is 87.8 Å². The van der Waals surface area contributed by atoms with Crippen LogP contribution in [0.25, 0.3) is 0 Å². The number of hydrogen-bond acceptors (Lipinski definition) is 4. The van der Waals surface area contributed by atoms with E-state index in [9.17, 15) is 4.79 Å². The fourth-order valence-corrected chi connectivity index (χ4v) is 2.21. The molecule has 13 heavy (non-hydrogen) atoms. The molecular weight excluding hydrogens is 204 g/mol. The number of thioether (sulfide) groups is 2. The number of carbonyl (C=O) groups excluding carboxylic acids is 1. The third-order valence-corrected chi connectivity index (χ3v) is 3.91. The van der Waals surface area contributed by atoms with Gasteiger partial charge in [0.05, 0.1) is 6.04 Å². The molecule has 0 unspecified atom stereocenters. The molecule has 0 bridgehead atoms. The first-order valence-electron chi connectivity index (χ1n) is 4.35. The molecule has 0 aromatic carbocycles. The Hall–Kier alpha value is 0.130. The number of carbonyl (C=O) groups is 1. The molecule has 0 aromatic rings. The maximum Gasteiger partial charge on any atom is 0.238 e. The minimum Gasteiger partial charge on any atom is -0.354 e. The highest BCUT2D eigenvalue weighted by Crippen LogP contribution is 2.09. The second-order valence-corrected chi connectivity index (χ2v) is 5.37. The molecule has 1 fully saturated rings. The van der Waals surface area contributed by atoms with E-state index in [0.717, 1.165) is 18.2 Å². The molecule has 1 heterocycles. The highest BCUT2D eigenvalue weighted by molar-refractivity contribution is 7.99. The molecule has 0 spiro atoms. The van der Waals surface area contributed by atoms with Gasteiger partial charge in [-0.15, -0.1) is 11.8 Å². The van der Waals surface area contributed by atoms with E-state index in [0.29, 0.717) is 5.25 Å². The topological polar surface area (TPSA) is 41.1 Å². The van der Waals surface area contributed by atoms with Gasteiger partial charge in [0.2, 0.25) is 5.91 Å². The molecule has 1 rings (SSSR count). The Kier molecular flexibility index (Phi) is 4.98. The van der Waals surface area contributed by atoms with Gasteiger partial charge >= 0.3 is 0 Å². The van der Waals surface area contributed by atoms with E-state index in [1.807, 2.05) is 0 Å². The molecule has 0 radical (unpaired) electrons. The zero-order valence-corrected chi connectivity index (χ0v) is 9.63. The van der Waals surface area contributed by atoms with E-state index in [1.165, 1.54) is 0 Å². The van der Waals surface area contributed by atoms with Crippen molar-refractivity contribution < 1.29 is 4.79 Å². The van der Waals surface area contributed by atoms with Gasteiger partial charge in [0.1, 0.15) is 0 Å². The first-order chi connectivity index (χ1) is 6.24. The van der Waals surface area contributed by atoms with Crippen LogP contribution in [0.2, 0.25) is 0 Å². The van der Waals surface area contributed by atoms with Gasteiger partial charge in [0.15, 0.2) is 0 Å². The first-order valence-corrected chi connectivity index (χ1v) is 6.80. The Balaban J connectivity index is 2.16. The molecule has 0 saturated carbocycles. The predicted octanol–water partition coefficient (Wildman–Crippen LogP) is 0.517. The highest BCUT2D eigenvalue weighted by atomic mass is 32.2. The SMILES string of the molecule is CS[C@@H](C)CNC(=O)[C@H]1CSCN1. The second kappa shape index (κ2) is 5.78. The lowest BCUT2D eigenvalue weighted by Crippen LogP contribution is -2.43. The Morgan fingerprint density at radius 1 is 1.85 bits per heavy atom. The molecule has 0 aliphatic carbocycles. The normalized spacial score (nSPS) is 24.3. The minimum absolute atomic E-state index is 0.0269. The predicted molar refractivity (Wildman–Crippen MR) is 60.2 cm³/mol. The van der Waals surface area contributed by atoms with E-state index in [2.05, 4.69) is 23.8 Å². The highest BCUT2D eigenvalue weighted by Gasteiger charge is 2.22. The van der Waals surface area contributed by atoms with Gasteiger partial charge in [-0.1, -0.05) is 6.92 Å². The molecule has 1 amide bonds. The van der Waals surface area contributed by atoms with Gasteiger partial charge in [0.25, 0.3) is 0 Å². The van der Waals surface area contributed by atoms with Gasteiger partial charge in [-0.3, -0.25) is 10.1 Å². The summed E-state index contributed by atoms with van der Waals surface area (Å²) in [4.78, 5) is 11.5. The van der Waals surface area contributed by atoms with E-state index in [1.54, 1.807) is 23.5 Å². The molecule has 1 aliphatic heterocycles. The van der Waals surface area contributed by atoms with Crippen molar-refractivity contribution in [3.05, 3.63) is 0 Å². The maximum atomic E-state index is 11.5. The van der Waals surface area contributed by atoms with Gasteiger partial charge in [-0.05, 0) is 6.26 Å². The zero-order valence-electron chi connectivity index (χ0n) is 8.00. The van der Waals surface area contributed by atoms with Gasteiger partial charge in [0, 0.05) is 23.4 Å². The van der Waals surface area contributed by atoms with Crippen molar-refractivity contribution in [1.29, 1.82) is 0 Å². The van der Waals surface area contributed by atoms with Crippen LogP contribution in [0.15, 0.2) is 0 Å². The maximum absolute atomic E-state index is 11.5. The van der Waals surface area contributed by atoms with E-state index in [4.69, 9.17) is 0 Å². The largest absolute Gasteiger partial charge is 0.354 e. The van der Waals surface area contributed by atoms with Crippen LogP contribution in [0.1, 0.15) is 6.92 Å². The van der Waals surface area contributed by atoms with Crippen LogP contribution < -0.4 is 10.6 Å². The third kappa shape index (κ3) is 3.79. The average Bonchev–Trinajstić information content (AvgIpc) is 2.66. The van der Waals surface area contributed by atoms with Crippen LogP contribution in [0.4, 0.5) is 0 Å². The first kappa shape index (κ1) is 11.2. The molecule has 1 aliphatic rings. The van der Waals surface area contributed by atoms with Crippen LogP contribution in [0.5, 0.6) is 0 Å². The van der Waals surface area contributed by atoms with Crippen LogP contribution in [0.3, 0.4) is 0 Å². The fourth-order valence-electron chi connectivity index (χ4n) is 1.01. The van der Waals surface area contributed by atoms with Crippen molar-refractivity contribution in [2.45, 2.75) is 18.2 Å². The number of amides is 1. The van der Waals surface area contributed by atoms with Crippen molar-refractivity contribution >= 4 is 29.4 Å². The summed E-state index contributed by atoms with van der Waals surface area (Å²) >= 11 is 3.54. The molecule has 1 saturated heterocycles. The lowest BCUT2D eigenvalue weighted by molar-refractivity contribution is -0.122. The van der Waals surface area contributed by atoms with E-state index in [-0.39, 0.29) is 11.9 Å². The molecule has 5 heteroatoms. The molecule has 0 aromatic heterocycles. The Morgan fingerprint density at radius 2 is 2.62 bits per heavy atom. The van der Waals surface area contributed by atoms with Crippen LogP contribution in [0, 0.1) is 0 Å². The van der Waals surface area contributed by atoms with Gasteiger partial charge in [-0.2, -0.15) is 11.8 Å². The van der Waals surface area contributed by atoms with Crippen molar-refractivity contribution in [3.63, 3.8) is 0 Å². The summed E-state index contributed by atoms with van der Waals surface area (Å²) in [6.07, 6.45) is 2.06. The lowest BCUT2D eigenvalue weighted by atomic mass is 10.3. The number of hydrogen-bond donors (Lipinski definition) is 2. The van der Waals surface area contributed by atoms with Crippen molar-refractivity contribution in [1.82, 2.24) is 10.6 Å². The molecule has 2 N–H and O–H groups in total. The monoisotopic (exact) mass is 220 g/mol. The summed E-state index contributed by atoms with van der Waals surface area (Å²) in [5.41, 5.74) is 0. The third-order valence-electron chi connectivity index (χ3n) is 2.00. The van der Waals surface area contributed by atoms with E-state index >= 15 is 0 Å². The number of rotatable bonds is 4. The van der Waals surface area contributed by atoms with E-state index < -0.39 is 0 Å². The summed E-state index contributed by atoms with van der Waals surface area (Å²) in [7, 11) is 0. The van der Waals surface area contributed by atoms with Crippen LogP contribution in [-0.2, 0) is 4.79 Å². The Bertz CT molecular complexity index is 172. The summed E-state index contributed by atoms with van der Waals surface area (Å²) in [5, 5.41) is 6.58. The summed E-state index contributed by atoms with van der Waals surface area (Å²) in [6.45, 7) is 2.88. The molecular formula is C8H16N2OS2. The average molecular weight is 220 g/mol. The fraction of sp³-hybridized carbons (Fsp3) is 0.875. The second-order valence-electron chi connectivity index (χ2n) is 3.06.